The van der Waals surface area contributed by atoms with Gasteiger partial charge in [0.15, 0.2) is 23.0 Å². The minimum absolute atomic E-state index is 0.636. The van der Waals surface area contributed by atoms with Gasteiger partial charge in [-0.15, -0.1) is 0 Å². The Morgan fingerprint density at radius 3 is 1.94 bits per heavy atom. The molecule has 0 saturated carbocycles. The Hall–Kier alpha value is -8.42. The molecule has 70 heavy (non-hydrogen) atoms. The third-order valence-corrected chi connectivity index (χ3v) is 15.8. The van der Waals surface area contributed by atoms with Crippen molar-refractivity contribution in [3.05, 3.63) is 252 Å². The molecule has 0 N–H and O–H groups in total. The molecule has 2 aliphatic heterocycles. The molecule has 0 amide bonds. The highest BCUT2D eigenvalue weighted by atomic mass is 35.5. The monoisotopic (exact) mass is 936 g/mol. The Kier molecular flexibility index (Phi) is 8.50. The number of furan rings is 1. The molecule has 0 unspecified atom stereocenters. The van der Waals surface area contributed by atoms with Crippen molar-refractivity contribution in [3.8, 4) is 50.9 Å². The molecule has 0 atom stereocenters. The fraction of sp³-hybridized carbons (Fsp3) is 0.0159. The van der Waals surface area contributed by atoms with Gasteiger partial charge in [0.25, 0.3) is 0 Å². The predicted molar refractivity (Wildman–Crippen MR) is 284 cm³/mol. The van der Waals surface area contributed by atoms with E-state index < -0.39 is 5.41 Å². The quantitative estimate of drug-likeness (QED) is 0.172. The van der Waals surface area contributed by atoms with Gasteiger partial charge in [-0.3, -0.25) is 0 Å². The van der Waals surface area contributed by atoms with Crippen LogP contribution in [0.1, 0.15) is 22.3 Å². The van der Waals surface area contributed by atoms with Crippen molar-refractivity contribution < 1.29 is 13.9 Å². The summed E-state index contributed by atoms with van der Waals surface area (Å²) in [4.78, 5) is 4.80. The summed E-state index contributed by atoms with van der Waals surface area (Å²) in [7, 11) is 0. The minimum atomic E-state index is -0.645. The summed E-state index contributed by atoms with van der Waals surface area (Å²) >= 11 is 8.84. The van der Waals surface area contributed by atoms with E-state index in [-0.39, 0.29) is 0 Å². The first-order valence-corrected chi connectivity index (χ1v) is 24.6. The number of hydrogen-bond donors (Lipinski definition) is 0. The van der Waals surface area contributed by atoms with Crippen LogP contribution in [0.2, 0.25) is 5.02 Å². The lowest BCUT2D eigenvalue weighted by Gasteiger charge is -2.40. The molecule has 12 aromatic rings. The summed E-state index contributed by atoms with van der Waals surface area (Å²) < 4.78 is 22.4. The van der Waals surface area contributed by atoms with Gasteiger partial charge in [0, 0.05) is 71.0 Å². The van der Waals surface area contributed by atoms with Crippen LogP contribution in [0.15, 0.2) is 239 Å². The average Bonchev–Trinajstić information content (AvgIpc) is 4.10. The van der Waals surface area contributed by atoms with E-state index in [1.54, 1.807) is 0 Å². The maximum atomic E-state index is 7.03. The first-order valence-electron chi connectivity index (χ1n) is 23.4. The van der Waals surface area contributed by atoms with Gasteiger partial charge in [-0.05, 0) is 137 Å². The van der Waals surface area contributed by atoms with Crippen molar-refractivity contribution in [2.45, 2.75) is 15.2 Å². The Morgan fingerprint density at radius 2 is 1.11 bits per heavy atom. The smallest absolute Gasteiger partial charge is 0.178 e. The zero-order valence-corrected chi connectivity index (χ0v) is 38.8. The molecule has 15 rings (SSSR count). The summed E-state index contributed by atoms with van der Waals surface area (Å²) in [6.07, 6.45) is 2.16. The molecule has 2 aromatic heterocycles. The van der Waals surface area contributed by atoms with Gasteiger partial charge < -0.3 is 23.4 Å². The number of rotatable bonds is 5. The number of anilines is 3. The van der Waals surface area contributed by atoms with Crippen molar-refractivity contribution in [2.75, 3.05) is 4.90 Å². The standard InChI is InChI=1S/C63H37ClN2O3S/c64-39-26-29-59-52(33-39)63(50-19-7-4-15-44(50)45-16-5-8-20-51(45)63)53-36-41(28-30-60(53)70-59)66(42-27-25-38-31-32-65(54(38)37-42)40-13-2-1-3-14-40)43-34-48-46-17-6-9-21-55(46)68-61(48)49(35-43)47-18-12-24-58-62(47)69-57-23-11-10-22-56(57)67-58/h1-37H. The second kappa shape index (κ2) is 15.0. The molecular formula is C63H37ClN2O3S. The van der Waals surface area contributed by atoms with Crippen LogP contribution >= 0.6 is 23.4 Å². The molecule has 330 valence electrons. The van der Waals surface area contributed by atoms with E-state index in [0.717, 1.165) is 66.7 Å². The molecule has 4 heterocycles. The Bertz CT molecular complexity index is 4110. The Morgan fingerprint density at radius 1 is 0.457 bits per heavy atom. The summed E-state index contributed by atoms with van der Waals surface area (Å²) in [6.45, 7) is 0. The third-order valence-electron chi connectivity index (χ3n) is 14.4. The number of hydrogen-bond acceptors (Lipinski definition) is 5. The third kappa shape index (κ3) is 5.69. The van der Waals surface area contributed by atoms with E-state index in [1.165, 1.54) is 43.2 Å². The highest BCUT2D eigenvalue weighted by Gasteiger charge is 2.50. The molecule has 0 saturated heterocycles. The van der Waals surface area contributed by atoms with E-state index in [0.29, 0.717) is 28.0 Å². The topological polar surface area (TPSA) is 39.8 Å². The van der Waals surface area contributed by atoms with E-state index in [2.05, 4.69) is 179 Å². The zero-order valence-electron chi connectivity index (χ0n) is 37.3. The van der Waals surface area contributed by atoms with Gasteiger partial charge in [-0.2, -0.15) is 0 Å². The number of fused-ring (bicyclic) bond motifs is 15. The lowest BCUT2D eigenvalue weighted by Crippen LogP contribution is -2.32. The van der Waals surface area contributed by atoms with Gasteiger partial charge in [0.2, 0.25) is 0 Å². The fourth-order valence-corrected chi connectivity index (χ4v) is 12.7. The van der Waals surface area contributed by atoms with Crippen LogP contribution in [0.4, 0.5) is 17.1 Å². The maximum Gasteiger partial charge on any atom is 0.178 e. The van der Waals surface area contributed by atoms with Crippen LogP contribution in [0.3, 0.4) is 0 Å². The average molecular weight is 938 g/mol. The fourth-order valence-electron chi connectivity index (χ4n) is 11.4. The van der Waals surface area contributed by atoms with Crippen molar-refractivity contribution in [3.63, 3.8) is 0 Å². The van der Waals surface area contributed by atoms with E-state index >= 15 is 0 Å². The number of aromatic nitrogens is 1. The molecule has 10 aromatic carbocycles. The molecule has 0 fully saturated rings. The van der Waals surface area contributed by atoms with Gasteiger partial charge >= 0.3 is 0 Å². The normalized spacial score (nSPS) is 13.5. The summed E-state index contributed by atoms with van der Waals surface area (Å²) in [5.41, 5.74) is 15.2. The van der Waals surface area contributed by atoms with Gasteiger partial charge in [-0.25, -0.2) is 0 Å². The molecule has 0 bridgehead atoms. The zero-order chi connectivity index (χ0) is 46.1. The van der Waals surface area contributed by atoms with Crippen LogP contribution in [0, 0.1) is 0 Å². The summed E-state index contributed by atoms with van der Waals surface area (Å²) in [5, 5.41) is 3.87. The Labute approximate surface area is 412 Å². The van der Waals surface area contributed by atoms with Crippen molar-refractivity contribution in [1.29, 1.82) is 0 Å². The van der Waals surface area contributed by atoms with Crippen LogP contribution < -0.4 is 14.4 Å². The SMILES string of the molecule is Clc1ccc2c(c1)C1(c3cc(N(c4cc(-c5cccc6c5Oc5ccccc5O6)c5oc6ccccc6c5c4)c4ccc5ccn(-c6ccccc6)c5c4)ccc3S2)c2ccccc2-c2ccccc21. The minimum Gasteiger partial charge on any atom is -0.455 e. The van der Waals surface area contributed by atoms with E-state index in [9.17, 15) is 0 Å². The first kappa shape index (κ1) is 39.6. The molecular weight excluding hydrogens is 900 g/mol. The van der Waals surface area contributed by atoms with Crippen molar-refractivity contribution in [2.24, 2.45) is 0 Å². The summed E-state index contributed by atoms with van der Waals surface area (Å²) in [5.74, 6) is 2.62. The van der Waals surface area contributed by atoms with Crippen molar-refractivity contribution >= 4 is 73.3 Å². The van der Waals surface area contributed by atoms with Gasteiger partial charge in [0.05, 0.1) is 10.9 Å². The van der Waals surface area contributed by atoms with Gasteiger partial charge in [-0.1, -0.05) is 139 Å². The number of ether oxygens (including phenoxy) is 2. The number of halogens is 1. The summed E-state index contributed by atoms with van der Waals surface area (Å²) in [6, 6.07) is 77.5. The molecule has 1 aliphatic carbocycles. The maximum absolute atomic E-state index is 7.03. The molecule has 7 heteroatoms. The molecule has 0 radical (unpaired) electrons. The number of nitrogens with zero attached hydrogens (tertiary/aromatic N) is 2. The van der Waals surface area contributed by atoms with Crippen molar-refractivity contribution in [1.82, 2.24) is 4.57 Å². The van der Waals surface area contributed by atoms with Crippen LogP contribution in [0.5, 0.6) is 23.0 Å². The lowest BCUT2D eigenvalue weighted by atomic mass is 9.67. The lowest BCUT2D eigenvalue weighted by molar-refractivity contribution is 0.361. The van der Waals surface area contributed by atoms with Crippen LogP contribution in [-0.2, 0) is 5.41 Å². The predicted octanol–water partition coefficient (Wildman–Crippen LogP) is 18.0. The second-order valence-corrected chi connectivity index (χ2v) is 19.6. The number of benzene rings is 10. The van der Waals surface area contributed by atoms with Crippen LogP contribution in [-0.4, -0.2) is 4.57 Å². The first-order chi connectivity index (χ1) is 34.6. The van der Waals surface area contributed by atoms with E-state index in [4.69, 9.17) is 25.5 Å². The highest BCUT2D eigenvalue weighted by Crippen LogP contribution is 2.63. The molecule has 5 nitrogen and oxygen atoms in total. The number of para-hydroxylation sites is 5. The second-order valence-electron chi connectivity index (χ2n) is 18.1. The molecule has 3 aliphatic rings. The molecule has 1 spiro atoms. The highest BCUT2D eigenvalue weighted by molar-refractivity contribution is 7.99. The largest absolute Gasteiger partial charge is 0.455 e. The van der Waals surface area contributed by atoms with Crippen LogP contribution in [0.25, 0.3) is 60.8 Å². The van der Waals surface area contributed by atoms with E-state index in [1.807, 2.05) is 66.4 Å². The Balaban J connectivity index is 1.02. The van der Waals surface area contributed by atoms with Gasteiger partial charge in [0.1, 0.15) is 11.2 Å².